The Morgan fingerprint density at radius 1 is 1.14 bits per heavy atom. The molecule has 0 fully saturated rings. The monoisotopic (exact) mass is 309 g/mol. The van der Waals surface area contributed by atoms with Crippen molar-refractivity contribution in [3.8, 4) is 0 Å². The van der Waals surface area contributed by atoms with Crippen LogP contribution >= 0.6 is 11.6 Å². The Balaban J connectivity index is 2.49. The zero-order valence-corrected chi connectivity index (χ0v) is 12.8. The molecule has 0 amide bonds. The van der Waals surface area contributed by atoms with Crippen LogP contribution in [0.4, 0.5) is 8.78 Å². The van der Waals surface area contributed by atoms with Crippen LogP contribution in [-0.4, -0.2) is 6.54 Å². The number of benzene rings is 2. The van der Waals surface area contributed by atoms with Gasteiger partial charge in [-0.2, -0.15) is 0 Å². The average molecular weight is 310 g/mol. The van der Waals surface area contributed by atoms with Gasteiger partial charge in [0.05, 0.1) is 6.04 Å². The minimum atomic E-state index is -0.418. The fourth-order valence-corrected chi connectivity index (χ4v) is 2.54. The lowest BCUT2D eigenvalue weighted by molar-refractivity contribution is 0.542. The maximum Gasteiger partial charge on any atom is 0.128 e. The summed E-state index contributed by atoms with van der Waals surface area (Å²) in [7, 11) is 0. The highest BCUT2D eigenvalue weighted by Crippen LogP contribution is 2.28. The molecule has 0 aliphatic carbocycles. The Kier molecular flexibility index (Phi) is 5.32. The van der Waals surface area contributed by atoms with Gasteiger partial charge in [0.25, 0.3) is 0 Å². The standard InChI is InChI=1S/C17H18ClF2N/c1-3-6-21-17(12-7-11(2)8-14(19)9-12)15-10-13(18)4-5-16(15)20/h4-5,7-10,17,21H,3,6H2,1-2H3. The predicted octanol–water partition coefficient (Wildman–Crippen LogP) is 5.02. The summed E-state index contributed by atoms with van der Waals surface area (Å²) in [5, 5.41) is 3.72. The van der Waals surface area contributed by atoms with Crippen LogP contribution in [0.5, 0.6) is 0 Å². The van der Waals surface area contributed by atoms with Gasteiger partial charge in [-0.25, -0.2) is 8.78 Å². The van der Waals surface area contributed by atoms with Crippen LogP contribution in [0.2, 0.25) is 5.02 Å². The topological polar surface area (TPSA) is 12.0 Å². The van der Waals surface area contributed by atoms with E-state index in [2.05, 4.69) is 5.32 Å². The van der Waals surface area contributed by atoms with E-state index in [0.717, 1.165) is 12.0 Å². The molecule has 2 rings (SSSR count). The maximum absolute atomic E-state index is 14.1. The number of hydrogen-bond donors (Lipinski definition) is 1. The SMILES string of the molecule is CCCNC(c1cc(C)cc(F)c1)c1cc(Cl)ccc1F. The van der Waals surface area contributed by atoms with E-state index >= 15 is 0 Å². The molecule has 0 bridgehead atoms. The summed E-state index contributed by atoms with van der Waals surface area (Å²) in [4.78, 5) is 0. The minimum Gasteiger partial charge on any atom is -0.306 e. The lowest BCUT2D eigenvalue weighted by Crippen LogP contribution is -2.24. The molecule has 0 spiro atoms. The molecule has 2 aromatic carbocycles. The molecule has 4 heteroatoms. The van der Waals surface area contributed by atoms with E-state index < -0.39 is 6.04 Å². The summed E-state index contributed by atoms with van der Waals surface area (Å²) >= 11 is 5.98. The van der Waals surface area contributed by atoms with E-state index in [1.54, 1.807) is 6.07 Å². The molecule has 0 aliphatic rings. The molecule has 0 saturated carbocycles. The van der Waals surface area contributed by atoms with Crippen molar-refractivity contribution in [3.63, 3.8) is 0 Å². The molecule has 21 heavy (non-hydrogen) atoms. The molecule has 0 heterocycles. The van der Waals surface area contributed by atoms with Crippen molar-refractivity contribution in [2.75, 3.05) is 6.54 Å². The van der Waals surface area contributed by atoms with Crippen molar-refractivity contribution in [1.82, 2.24) is 5.32 Å². The summed E-state index contributed by atoms with van der Waals surface area (Å²) in [5.41, 5.74) is 1.93. The van der Waals surface area contributed by atoms with E-state index in [0.29, 0.717) is 22.7 Å². The quantitative estimate of drug-likeness (QED) is 0.818. The van der Waals surface area contributed by atoms with Crippen LogP contribution < -0.4 is 5.32 Å². The van der Waals surface area contributed by atoms with Gasteiger partial charge in [-0.05, 0) is 61.3 Å². The second kappa shape index (κ2) is 7.01. The Morgan fingerprint density at radius 2 is 1.90 bits per heavy atom. The number of nitrogens with one attached hydrogen (secondary N) is 1. The van der Waals surface area contributed by atoms with E-state index in [4.69, 9.17) is 11.6 Å². The summed E-state index contributed by atoms with van der Waals surface area (Å²) in [6, 6.07) is 8.76. The Morgan fingerprint density at radius 3 is 2.57 bits per heavy atom. The molecule has 2 aromatic rings. The van der Waals surface area contributed by atoms with Crippen LogP contribution in [0.25, 0.3) is 0 Å². The molecule has 1 unspecified atom stereocenters. The lowest BCUT2D eigenvalue weighted by atomic mass is 9.96. The zero-order valence-electron chi connectivity index (χ0n) is 12.1. The lowest BCUT2D eigenvalue weighted by Gasteiger charge is -2.21. The smallest absolute Gasteiger partial charge is 0.128 e. The third-order valence-corrected chi connectivity index (χ3v) is 3.50. The van der Waals surface area contributed by atoms with Gasteiger partial charge < -0.3 is 5.32 Å². The highest BCUT2D eigenvalue weighted by atomic mass is 35.5. The van der Waals surface area contributed by atoms with Crippen LogP contribution in [-0.2, 0) is 0 Å². The van der Waals surface area contributed by atoms with E-state index in [1.165, 1.54) is 24.3 Å². The largest absolute Gasteiger partial charge is 0.306 e. The molecular weight excluding hydrogens is 292 g/mol. The molecule has 1 N–H and O–H groups in total. The molecule has 1 nitrogen and oxygen atoms in total. The van der Waals surface area contributed by atoms with Crippen molar-refractivity contribution in [3.05, 3.63) is 69.7 Å². The third-order valence-electron chi connectivity index (χ3n) is 3.27. The second-order valence-corrected chi connectivity index (χ2v) is 5.55. The van der Waals surface area contributed by atoms with Crippen LogP contribution in [0.1, 0.15) is 36.1 Å². The van der Waals surface area contributed by atoms with Gasteiger partial charge in [-0.15, -0.1) is 0 Å². The first-order valence-electron chi connectivity index (χ1n) is 6.96. The van der Waals surface area contributed by atoms with Gasteiger partial charge in [0, 0.05) is 10.6 Å². The van der Waals surface area contributed by atoms with E-state index in [9.17, 15) is 8.78 Å². The van der Waals surface area contributed by atoms with Gasteiger partial charge in [-0.3, -0.25) is 0 Å². The molecular formula is C17H18ClF2N. The van der Waals surface area contributed by atoms with Crippen molar-refractivity contribution in [2.45, 2.75) is 26.3 Å². The molecule has 0 aromatic heterocycles. The molecule has 0 saturated heterocycles. The van der Waals surface area contributed by atoms with Gasteiger partial charge in [-0.1, -0.05) is 24.6 Å². The third kappa shape index (κ3) is 4.02. The van der Waals surface area contributed by atoms with Gasteiger partial charge in [0.1, 0.15) is 11.6 Å². The molecule has 0 aliphatic heterocycles. The molecule has 1 atom stereocenters. The first-order chi connectivity index (χ1) is 10.0. The van der Waals surface area contributed by atoms with Crippen LogP contribution in [0, 0.1) is 18.6 Å². The first kappa shape index (κ1) is 15.9. The Labute approximate surface area is 128 Å². The highest BCUT2D eigenvalue weighted by Gasteiger charge is 2.18. The van der Waals surface area contributed by atoms with Gasteiger partial charge in [0.15, 0.2) is 0 Å². The molecule has 112 valence electrons. The first-order valence-corrected chi connectivity index (χ1v) is 7.34. The fraction of sp³-hybridized carbons (Fsp3) is 0.294. The van der Waals surface area contributed by atoms with Crippen molar-refractivity contribution in [2.24, 2.45) is 0 Å². The van der Waals surface area contributed by atoms with E-state index in [1.807, 2.05) is 19.9 Å². The number of rotatable bonds is 5. The second-order valence-electron chi connectivity index (χ2n) is 5.11. The maximum atomic E-state index is 14.1. The highest BCUT2D eigenvalue weighted by molar-refractivity contribution is 6.30. The number of halogens is 3. The Hall–Kier alpha value is -1.45. The fourth-order valence-electron chi connectivity index (χ4n) is 2.36. The van der Waals surface area contributed by atoms with Crippen LogP contribution in [0.3, 0.4) is 0 Å². The van der Waals surface area contributed by atoms with Crippen molar-refractivity contribution >= 4 is 11.6 Å². The molecule has 0 radical (unpaired) electrons. The summed E-state index contributed by atoms with van der Waals surface area (Å²) in [6.45, 7) is 4.54. The van der Waals surface area contributed by atoms with Crippen molar-refractivity contribution < 1.29 is 8.78 Å². The van der Waals surface area contributed by atoms with Gasteiger partial charge >= 0.3 is 0 Å². The van der Waals surface area contributed by atoms with Crippen LogP contribution in [0.15, 0.2) is 36.4 Å². The predicted molar refractivity (Wildman–Crippen MR) is 82.7 cm³/mol. The van der Waals surface area contributed by atoms with Gasteiger partial charge in [0.2, 0.25) is 0 Å². The zero-order chi connectivity index (χ0) is 15.4. The minimum absolute atomic E-state index is 0.323. The number of hydrogen-bond acceptors (Lipinski definition) is 1. The normalized spacial score (nSPS) is 12.4. The average Bonchev–Trinajstić information content (AvgIpc) is 2.42. The number of aryl methyl sites for hydroxylation is 1. The Bertz CT molecular complexity index is 608. The van der Waals surface area contributed by atoms with Crippen molar-refractivity contribution in [1.29, 1.82) is 0 Å². The summed E-state index contributed by atoms with van der Waals surface area (Å²) in [5.74, 6) is -0.675. The summed E-state index contributed by atoms with van der Waals surface area (Å²) < 4.78 is 27.8. The van der Waals surface area contributed by atoms with E-state index in [-0.39, 0.29) is 11.6 Å². The summed E-state index contributed by atoms with van der Waals surface area (Å²) in [6.07, 6.45) is 0.896.